The molecular weight excluding hydrogens is 373 g/mol. The number of esters is 1. The minimum Gasteiger partial charge on any atom is -0.486 e. The molecule has 0 saturated heterocycles. The zero-order valence-electron chi connectivity index (χ0n) is 13.7. The van der Waals surface area contributed by atoms with Crippen LogP contribution in [0.3, 0.4) is 0 Å². The average Bonchev–Trinajstić information content (AvgIpc) is 2.67. The normalized spacial score (nSPS) is 10.4. The molecule has 0 unspecified atom stereocenters. The lowest BCUT2D eigenvalue weighted by atomic mass is 10.2. The second kappa shape index (κ2) is 8.70. The van der Waals surface area contributed by atoms with Crippen molar-refractivity contribution < 1.29 is 14.3 Å². The molecule has 132 valence electrons. The molecule has 26 heavy (non-hydrogen) atoms. The third kappa shape index (κ3) is 4.97. The molecule has 0 saturated carbocycles. The van der Waals surface area contributed by atoms with Gasteiger partial charge in [0.1, 0.15) is 13.2 Å². The smallest absolute Gasteiger partial charge is 0.361 e. The van der Waals surface area contributed by atoms with Gasteiger partial charge in [0.25, 0.3) is 0 Å². The SMILES string of the molecule is O=C(OCc1ccc(Cl)cc1)c1ncccc1OCc1ccc(Cl)cc1. The Kier molecular flexibility index (Phi) is 6.10. The predicted molar refractivity (Wildman–Crippen MR) is 101 cm³/mol. The van der Waals surface area contributed by atoms with Gasteiger partial charge >= 0.3 is 5.97 Å². The van der Waals surface area contributed by atoms with Gasteiger partial charge in [0.05, 0.1) is 0 Å². The van der Waals surface area contributed by atoms with Gasteiger partial charge in [0, 0.05) is 16.2 Å². The summed E-state index contributed by atoms with van der Waals surface area (Å²) < 4.78 is 11.0. The molecule has 0 bridgehead atoms. The second-order valence-electron chi connectivity index (χ2n) is 5.47. The van der Waals surface area contributed by atoms with Crippen molar-refractivity contribution in [3.63, 3.8) is 0 Å². The van der Waals surface area contributed by atoms with E-state index in [4.69, 9.17) is 32.7 Å². The summed E-state index contributed by atoms with van der Waals surface area (Å²) in [5, 5.41) is 1.28. The van der Waals surface area contributed by atoms with Crippen LogP contribution in [0.1, 0.15) is 21.6 Å². The highest BCUT2D eigenvalue weighted by Crippen LogP contribution is 2.20. The van der Waals surface area contributed by atoms with Crippen molar-refractivity contribution in [3.8, 4) is 5.75 Å². The first kappa shape index (κ1) is 18.2. The zero-order valence-corrected chi connectivity index (χ0v) is 15.2. The number of hydrogen-bond acceptors (Lipinski definition) is 4. The molecule has 1 heterocycles. The number of benzene rings is 2. The van der Waals surface area contributed by atoms with Crippen LogP contribution < -0.4 is 4.74 Å². The van der Waals surface area contributed by atoms with E-state index in [0.717, 1.165) is 11.1 Å². The van der Waals surface area contributed by atoms with Gasteiger partial charge < -0.3 is 9.47 Å². The quantitative estimate of drug-likeness (QED) is 0.536. The minimum absolute atomic E-state index is 0.128. The fourth-order valence-electron chi connectivity index (χ4n) is 2.20. The van der Waals surface area contributed by atoms with Gasteiger partial charge in [-0.25, -0.2) is 9.78 Å². The first-order valence-electron chi connectivity index (χ1n) is 7.85. The Labute approximate surface area is 161 Å². The van der Waals surface area contributed by atoms with Gasteiger partial charge in [-0.15, -0.1) is 0 Å². The lowest BCUT2D eigenvalue weighted by molar-refractivity contribution is 0.0460. The molecule has 1 aromatic heterocycles. The maximum Gasteiger partial charge on any atom is 0.361 e. The molecule has 3 rings (SSSR count). The Bertz CT molecular complexity index is 880. The van der Waals surface area contributed by atoms with Crippen LogP contribution in [0.15, 0.2) is 66.9 Å². The van der Waals surface area contributed by atoms with Crippen molar-refractivity contribution in [1.29, 1.82) is 0 Å². The number of carbonyl (C=O) groups is 1. The number of halogens is 2. The molecular formula is C20H15Cl2NO3. The summed E-state index contributed by atoms with van der Waals surface area (Å²) in [6, 6.07) is 17.7. The van der Waals surface area contributed by atoms with E-state index < -0.39 is 5.97 Å². The number of carbonyl (C=O) groups excluding carboxylic acids is 1. The Balaban J connectivity index is 1.64. The minimum atomic E-state index is -0.549. The summed E-state index contributed by atoms with van der Waals surface area (Å²) in [5.41, 5.74) is 1.90. The van der Waals surface area contributed by atoms with Crippen molar-refractivity contribution in [3.05, 3.63) is 93.7 Å². The van der Waals surface area contributed by atoms with Gasteiger partial charge in [-0.2, -0.15) is 0 Å². The lowest BCUT2D eigenvalue weighted by Crippen LogP contribution is -2.10. The van der Waals surface area contributed by atoms with Crippen LogP contribution >= 0.6 is 23.2 Å². The molecule has 0 spiro atoms. The molecule has 6 heteroatoms. The standard InChI is InChI=1S/C20H15Cl2NO3/c21-16-7-3-14(4-8-16)12-25-18-2-1-11-23-19(18)20(24)26-13-15-5-9-17(22)10-6-15/h1-11H,12-13H2. The molecule has 2 aromatic carbocycles. The van der Waals surface area contributed by atoms with Gasteiger partial charge in [0.15, 0.2) is 11.4 Å². The highest BCUT2D eigenvalue weighted by molar-refractivity contribution is 6.30. The van der Waals surface area contributed by atoms with E-state index in [9.17, 15) is 4.79 Å². The van der Waals surface area contributed by atoms with Gasteiger partial charge in [-0.3, -0.25) is 0 Å². The topological polar surface area (TPSA) is 48.4 Å². The number of pyridine rings is 1. The third-order valence-corrected chi connectivity index (χ3v) is 4.06. The molecule has 4 nitrogen and oxygen atoms in total. The van der Waals surface area contributed by atoms with Crippen LogP contribution in [0.25, 0.3) is 0 Å². The summed E-state index contributed by atoms with van der Waals surface area (Å²) in [5.74, 6) is -0.185. The van der Waals surface area contributed by atoms with Crippen LogP contribution in [0.5, 0.6) is 5.75 Å². The highest BCUT2D eigenvalue weighted by Gasteiger charge is 2.16. The molecule has 0 atom stereocenters. The molecule has 0 radical (unpaired) electrons. The molecule has 0 N–H and O–H groups in total. The van der Waals surface area contributed by atoms with Crippen molar-refractivity contribution in [2.75, 3.05) is 0 Å². The Hall–Kier alpha value is -2.56. The number of rotatable bonds is 6. The van der Waals surface area contributed by atoms with Gasteiger partial charge in [-0.1, -0.05) is 47.5 Å². The molecule has 0 aliphatic carbocycles. The monoisotopic (exact) mass is 387 g/mol. The maximum atomic E-state index is 12.4. The zero-order chi connectivity index (χ0) is 18.4. The van der Waals surface area contributed by atoms with Crippen molar-refractivity contribution >= 4 is 29.2 Å². The van der Waals surface area contributed by atoms with Gasteiger partial charge in [-0.05, 0) is 47.5 Å². The number of ether oxygens (including phenoxy) is 2. The summed E-state index contributed by atoms with van der Waals surface area (Å²) >= 11 is 11.7. The number of nitrogens with zero attached hydrogens (tertiary/aromatic N) is 1. The van der Waals surface area contributed by atoms with Crippen LogP contribution in [-0.2, 0) is 18.0 Å². The van der Waals surface area contributed by atoms with E-state index in [1.165, 1.54) is 6.20 Å². The number of aromatic nitrogens is 1. The van der Waals surface area contributed by atoms with E-state index in [1.807, 2.05) is 12.1 Å². The van der Waals surface area contributed by atoms with Gasteiger partial charge in [0.2, 0.25) is 0 Å². The Morgan fingerprint density at radius 1 is 0.846 bits per heavy atom. The van der Waals surface area contributed by atoms with Crippen molar-refractivity contribution in [1.82, 2.24) is 4.98 Å². The average molecular weight is 388 g/mol. The Morgan fingerprint density at radius 2 is 1.42 bits per heavy atom. The summed E-state index contributed by atoms with van der Waals surface area (Å²) in [4.78, 5) is 16.4. The third-order valence-electron chi connectivity index (χ3n) is 3.55. The summed E-state index contributed by atoms with van der Waals surface area (Å²) in [6.45, 7) is 0.420. The summed E-state index contributed by atoms with van der Waals surface area (Å²) in [7, 11) is 0. The largest absolute Gasteiger partial charge is 0.486 e. The first-order valence-corrected chi connectivity index (χ1v) is 8.61. The van der Waals surface area contributed by atoms with Crippen LogP contribution in [0, 0.1) is 0 Å². The van der Waals surface area contributed by atoms with Crippen molar-refractivity contribution in [2.24, 2.45) is 0 Å². The molecule has 0 fully saturated rings. The van der Waals surface area contributed by atoms with Crippen LogP contribution in [0.4, 0.5) is 0 Å². The molecule has 0 amide bonds. The number of hydrogen-bond donors (Lipinski definition) is 0. The van der Waals surface area contributed by atoms with E-state index in [1.54, 1.807) is 48.5 Å². The first-order chi connectivity index (χ1) is 12.6. The Morgan fingerprint density at radius 3 is 2.04 bits per heavy atom. The maximum absolute atomic E-state index is 12.4. The van der Waals surface area contributed by atoms with Crippen molar-refractivity contribution in [2.45, 2.75) is 13.2 Å². The fraction of sp³-hybridized carbons (Fsp3) is 0.100. The molecule has 3 aromatic rings. The van der Waals surface area contributed by atoms with E-state index in [0.29, 0.717) is 22.4 Å². The highest BCUT2D eigenvalue weighted by atomic mass is 35.5. The molecule has 0 aliphatic rings. The summed E-state index contributed by atoms with van der Waals surface area (Å²) in [6.07, 6.45) is 1.52. The van der Waals surface area contributed by atoms with E-state index in [2.05, 4.69) is 4.98 Å². The predicted octanol–water partition coefficient (Wildman–Crippen LogP) is 5.32. The van der Waals surface area contributed by atoms with Crippen LogP contribution in [0.2, 0.25) is 10.0 Å². The fourth-order valence-corrected chi connectivity index (χ4v) is 2.45. The second-order valence-corrected chi connectivity index (χ2v) is 6.34. The lowest BCUT2D eigenvalue weighted by Gasteiger charge is -2.10. The van der Waals surface area contributed by atoms with E-state index in [-0.39, 0.29) is 12.3 Å². The van der Waals surface area contributed by atoms with Crippen LogP contribution in [-0.4, -0.2) is 11.0 Å². The van der Waals surface area contributed by atoms with E-state index >= 15 is 0 Å². The molecule has 0 aliphatic heterocycles.